The summed E-state index contributed by atoms with van der Waals surface area (Å²) in [4.78, 5) is 0.166. The zero-order valence-electron chi connectivity index (χ0n) is 9.93. The lowest BCUT2D eigenvalue weighted by atomic mass is 10.2. The molecule has 0 spiro atoms. The van der Waals surface area contributed by atoms with Crippen molar-refractivity contribution in [2.24, 2.45) is 0 Å². The molecule has 0 amide bonds. The van der Waals surface area contributed by atoms with Crippen molar-refractivity contribution in [2.75, 3.05) is 0 Å². The summed E-state index contributed by atoms with van der Waals surface area (Å²) in [6.07, 6.45) is 1.75. The van der Waals surface area contributed by atoms with Gasteiger partial charge in [0.25, 0.3) is 0 Å². The van der Waals surface area contributed by atoms with Crippen LogP contribution in [0.3, 0.4) is 0 Å². The topological polar surface area (TPSA) is 37.4 Å². The van der Waals surface area contributed by atoms with E-state index in [4.69, 9.17) is 0 Å². The molecule has 0 radical (unpaired) electrons. The predicted octanol–water partition coefficient (Wildman–Crippen LogP) is 2.39. The van der Waals surface area contributed by atoms with Gasteiger partial charge in [0, 0.05) is 12.1 Å². The van der Waals surface area contributed by atoms with Crippen LogP contribution >= 0.6 is 0 Å². The van der Waals surface area contributed by atoms with Gasteiger partial charge in [0.1, 0.15) is 5.82 Å². The molecular formula is C12H16FNO2S. The highest BCUT2D eigenvalue weighted by molar-refractivity contribution is 7.89. The van der Waals surface area contributed by atoms with E-state index in [-0.39, 0.29) is 17.0 Å². The first kappa shape index (κ1) is 12.5. The Hall–Kier alpha value is -0.940. The lowest BCUT2D eigenvalue weighted by Crippen LogP contribution is -2.38. The summed E-state index contributed by atoms with van der Waals surface area (Å²) in [5.74, 6) is -0.425. The molecule has 5 heteroatoms. The van der Waals surface area contributed by atoms with E-state index in [0.29, 0.717) is 0 Å². The predicted molar refractivity (Wildman–Crippen MR) is 63.6 cm³/mol. The molecule has 0 saturated carbocycles. The summed E-state index contributed by atoms with van der Waals surface area (Å²) in [6.45, 7) is 3.81. The standard InChI is InChI=1S/C12H16FNO2S/c1-9-3-4-10(2)14(9)17(15,16)12-7-5-11(13)6-8-12/h5-10H,3-4H2,1-2H3/t9-,10+. The van der Waals surface area contributed by atoms with Gasteiger partial charge in [-0.15, -0.1) is 0 Å². The number of benzene rings is 1. The number of nitrogens with zero attached hydrogens (tertiary/aromatic N) is 1. The maximum Gasteiger partial charge on any atom is 0.243 e. The average molecular weight is 257 g/mol. The van der Waals surface area contributed by atoms with E-state index in [0.717, 1.165) is 12.8 Å². The summed E-state index contributed by atoms with van der Waals surface area (Å²) in [6, 6.07) is 5.03. The van der Waals surface area contributed by atoms with E-state index < -0.39 is 15.8 Å². The first-order valence-corrected chi connectivity index (χ1v) is 7.16. The molecule has 2 rings (SSSR count). The minimum absolute atomic E-state index is 0.0139. The van der Waals surface area contributed by atoms with Crippen molar-refractivity contribution in [3.63, 3.8) is 0 Å². The van der Waals surface area contributed by atoms with Crippen molar-refractivity contribution >= 4 is 10.0 Å². The molecule has 17 heavy (non-hydrogen) atoms. The SMILES string of the molecule is C[C@@H]1CC[C@H](C)N1S(=O)(=O)c1ccc(F)cc1. The summed E-state index contributed by atoms with van der Waals surface area (Å²) < 4.78 is 39.1. The molecule has 0 bridgehead atoms. The number of hydrogen-bond acceptors (Lipinski definition) is 2. The lowest BCUT2D eigenvalue weighted by Gasteiger charge is -2.25. The molecule has 2 atom stereocenters. The van der Waals surface area contributed by atoms with Gasteiger partial charge >= 0.3 is 0 Å². The van der Waals surface area contributed by atoms with Gasteiger partial charge < -0.3 is 0 Å². The third-order valence-corrected chi connectivity index (χ3v) is 5.40. The number of hydrogen-bond donors (Lipinski definition) is 0. The van der Waals surface area contributed by atoms with Crippen LogP contribution in [0.4, 0.5) is 4.39 Å². The van der Waals surface area contributed by atoms with Crippen LogP contribution < -0.4 is 0 Å². The van der Waals surface area contributed by atoms with Crippen LogP contribution in [-0.2, 0) is 10.0 Å². The van der Waals surface area contributed by atoms with E-state index in [1.807, 2.05) is 13.8 Å². The molecule has 3 nitrogen and oxygen atoms in total. The zero-order valence-corrected chi connectivity index (χ0v) is 10.7. The largest absolute Gasteiger partial charge is 0.243 e. The van der Waals surface area contributed by atoms with Gasteiger partial charge in [0.2, 0.25) is 10.0 Å². The maximum absolute atomic E-state index is 12.8. The van der Waals surface area contributed by atoms with Crippen LogP contribution in [0.2, 0.25) is 0 Å². The van der Waals surface area contributed by atoms with Gasteiger partial charge in [-0.2, -0.15) is 4.31 Å². The minimum atomic E-state index is -3.49. The molecule has 0 unspecified atom stereocenters. The first-order valence-electron chi connectivity index (χ1n) is 5.72. The molecule has 1 aromatic carbocycles. The minimum Gasteiger partial charge on any atom is -0.207 e. The summed E-state index contributed by atoms with van der Waals surface area (Å²) in [7, 11) is -3.49. The van der Waals surface area contributed by atoms with Crippen molar-refractivity contribution in [1.29, 1.82) is 0 Å². The molecule has 1 aliphatic rings. The fourth-order valence-electron chi connectivity index (χ4n) is 2.37. The Bertz CT molecular complexity index is 488. The van der Waals surface area contributed by atoms with Crippen LogP contribution in [0.5, 0.6) is 0 Å². The number of rotatable bonds is 2. The van der Waals surface area contributed by atoms with Gasteiger partial charge in [0.15, 0.2) is 0 Å². The van der Waals surface area contributed by atoms with E-state index in [1.54, 1.807) is 0 Å². The second kappa shape index (κ2) is 4.38. The molecule has 94 valence electrons. The zero-order chi connectivity index (χ0) is 12.6. The maximum atomic E-state index is 12.8. The molecular weight excluding hydrogens is 241 g/mol. The molecule has 0 N–H and O–H groups in total. The molecule has 0 aliphatic carbocycles. The molecule has 1 aromatic rings. The van der Waals surface area contributed by atoms with Crippen LogP contribution in [0.1, 0.15) is 26.7 Å². The van der Waals surface area contributed by atoms with Crippen molar-refractivity contribution in [3.05, 3.63) is 30.1 Å². The van der Waals surface area contributed by atoms with Crippen molar-refractivity contribution in [3.8, 4) is 0 Å². The summed E-state index contributed by atoms with van der Waals surface area (Å²) >= 11 is 0. The van der Waals surface area contributed by atoms with Crippen LogP contribution in [-0.4, -0.2) is 24.8 Å². The molecule has 1 fully saturated rings. The highest BCUT2D eigenvalue weighted by atomic mass is 32.2. The van der Waals surface area contributed by atoms with Crippen LogP contribution in [0.25, 0.3) is 0 Å². The van der Waals surface area contributed by atoms with E-state index in [2.05, 4.69) is 0 Å². The van der Waals surface area contributed by atoms with Gasteiger partial charge in [-0.1, -0.05) is 0 Å². The Morgan fingerprint density at radius 1 is 1.12 bits per heavy atom. The Kier molecular flexibility index (Phi) is 3.23. The quantitative estimate of drug-likeness (QED) is 0.815. The molecule has 1 aliphatic heterocycles. The number of halogens is 1. The smallest absolute Gasteiger partial charge is 0.207 e. The Morgan fingerprint density at radius 2 is 1.59 bits per heavy atom. The number of sulfonamides is 1. The van der Waals surface area contributed by atoms with Gasteiger partial charge in [-0.05, 0) is 51.0 Å². The highest BCUT2D eigenvalue weighted by Crippen LogP contribution is 2.30. The second-order valence-corrected chi connectivity index (χ2v) is 6.41. The third kappa shape index (κ3) is 2.21. The summed E-state index contributed by atoms with van der Waals surface area (Å²) in [5.41, 5.74) is 0. The monoisotopic (exact) mass is 257 g/mol. The average Bonchev–Trinajstić information content (AvgIpc) is 2.59. The van der Waals surface area contributed by atoms with E-state index in [9.17, 15) is 12.8 Å². The van der Waals surface area contributed by atoms with Crippen molar-refractivity contribution in [1.82, 2.24) is 4.31 Å². The lowest BCUT2D eigenvalue weighted by molar-refractivity contribution is 0.350. The normalized spacial score (nSPS) is 26.3. The Labute approximate surface area is 101 Å². The Balaban J connectivity index is 2.39. The molecule has 1 heterocycles. The van der Waals surface area contributed by atoms with Crippen LogP contribution in [0, 0.1) is 5.82 Å². The summed E-state index contributed by atoms with van der Waals surface area (Å²) in [5, 5.41) is 0. The fraction of sp³-hybridized carbons (Fsp3) is 0.500. The van der Waals surface area contributed by atoms with Gasteiger partial charge in [-0.3, -0.25) is 0 Å². The van der Waals surface area contributed by atoms with E-state index in [1.165, 1.54) is 28.6 Å². The third-order valence-electron chi connectivity index (χ3n) is 3.26. The van der Waals surface area contributed by atoms with Crippen LogP contribution in [0.15, 0.2) is 29.2 Å². The Morgan fingerprint density at radius 3 is 2.06 bits per heavy atom. The van der Waals surface area contributed by atoms with Crippen molar-refractivity contribution < 1.29 is 12.8 Å². The van der Waals surface area contributed by atoms with Gasteiger partial charge in [0.05, 0.1) is 4.90 Å². The first-order chi connectivity index (χ1) is 7.93. The second-order valence-electron chi connectivity index (χ2n) is 4.56. The van der Waals surface area contributed by atoms with Crippen molar-refractivity contribution in [2.45, 2.75) is 43.7 Å². The van der Waals surface area contributed by atoms with E-state index >= 15 is 0 Å². The van der Waals surface area contributed by atoms with Gasteiger partial charge in [-0.25, -0.2) is 12.8 Å². The highest BCUT2D eigenvalue weighted by Gasteiger charge is 2.37. The molecule has 1 saturated heterocycles. The fourth-order valence-corrected chi connectivity index (χ4v) is 4.26. The molecule has 0 aromatic heterocycles.